The molecule has 63 heavy (non-hydrogen) atoms. The fraction of sp³-hybridized carbons (Fsp3) is 0.0526. The molecule has 2 atom stereocenters. The molecule has 0 amide bonds. The number of benzene rings is 8. The van der Waals surface area contributed by atoms with E-state index in [2.05, 4.69) is 196 Å². The van der Waals surface area contributed by atoms with Crippen molar-refractivity contribution >= 4 is 60.7 Å². The van der Waals surface area contributed by atoms with E-state index < -0.39 is 0 Å². The highest BCUT2D eigenvalue weighted by Gasteiger charge is 2.42. The van der Waals surface area contributed by atoms with Gasteiger partial charge in [0.05, 0.1) is 50.7 Å². The van der Waals surface area contributed by atoms with E-state index in [9.17, 15) is 10.5 Å². The van der Waals surface area contributed by atoms with Crippen LogP contribution in [0, 0.1) is 22.7 Å². The maximum absolute atomic E-state index is 12.1. The Morgan fingerprint density at radius 3 is 1.57 bits per heavy atom. The van der Waals surface area contributed by atoms with Gasteiger partial charge in [-0.25, -0.2) is 0 Å². The summed E-state index contributed by atoms with van der Waals surface area (Å²) in [6, 6.07) is 64.0. The summed E-state index contributed by atoms with van der Waals surface area (Å²) in [5, 5.41) is 28.4. The summed E-state index contributed by atoms with van der Waals surface area (Å²) in [6.45, 7) is 0. The van der Waals surface area contributed by atoms with Gasteiger partial charge in [0.25, 0.3) is 0 Å². The van der Waals surface area contributed by atoms with Gasteiger partial charge in [0.1, 0.15) is 17.7 Å². The number of aromatic nitrogens is 2. The zero-order chi connectivity index (χ0) is 42.2. The van der Waals surface area contributed by atoms with Gasteiger partial charge in [-0.05, 0) is 53.1 Å². The van der Waals surface area contributed by atoms with Crippen molar-refractivity contribution in [2.75, 3.05) is 10.6 Å². The van der Waals surface area contributed by atoms with Crippen molar-refractivity contribution in [3.63, 3.8) is 0 Å². The van der Waals surface area contributed by atoms with Gasteiger partial charge in [-0.3, -0.25) is 0 Å². The first kappa shape index (κ1) is 36.3. The van der Waals surface area contributed by atoms with E-state index >= 15 is 0 Å². The molecule has 0 radical (unpaired) electrons. The molecule has 0 fully saturated rings. The van der Waals surface area contributed by atoms with E-state index in [4.69, 9.17) is 5.73 Å². The molecule has 3 heterocycles. The summed E-state index contributed by atoms with van der Waals surface area (Å²) in [4.78, 5) is 2.27. The molecule has 0 saturated carbocycles. The molecular weight excluding hydrogens is 769 g/mol. The number of nitrogens with two attached hydrogens (primary N) is 1. The van der Waals surface area contributed by atoms with Crippen LogP contribution < -0.4 is 10.6 Å². The number of nitrogens with zero attached hydrogens (tertiary/aromatic N) is 5. The lowest BCUT2D eigenvalue weighted by Crippen LogP contribution is -2.31. The van der Waals surface area contributed by atoms with Gasteiger partial charge in [0.15, 0.2) is 0 Å². The van der Waals surface area contributed by atoms with Crippen molar-refractivity contribution in [3.8, 4) is 34.6 Å². The second kappa shape index (κ2) is 14.3. The average Bonchev–Trinajstić information content (AvgIpc) is 3.97. The summed E-state index contributed by atoms with van der Waals surface area (Å²) in [7, 11) is 0. The van der Waals surface area contributed by atoms with Crippen molar-refractivity contribution in [1.29, 1.82) is 10.5 Å². The predicted molar refractivity (Wildman–Crippen MR) is 257 cm³/mol. The fourth-order valence-corrected chi connectivity index (χ4v) is 10.6. The number of hydrogen-bond acceptors (Lipinski definition) is 4. The Morgan fingerprint density at radius 2 is 0.968 bits per heavy atom. The van der Waals surface area contributed by atoms with E-state index in [1.54, 1.807) is 0 Å². The minimum absolute atomic E-state index is 0.0308. The maximum Gasteiger partial charge on any atom is 0.104 e. The minimum Gasteiger partial charge on any atom is -0.398 e. The quantitative estimate of drug-likeness (QED) is 0.170. The van der Waals surface area contributed by atoms with E-state index in [-0.39, 0.29) is 12.0 Å². The van der Waals surface area contributed by atoms with Crippen LogP contribution in [-0.2, 0) is 6.42 Å². The molecule has 2 unspecified atom stereocenters. The zero-order valence-corrected chi connectivity index (χ0v) is 34.2. The van der Waals surface area contributed by atoms with Crippen LogP contribution in [-0.4, -0.2) is 15.2 Å². The summed E-state index contributed by atoms with van der Waals surface area (Å²) in [5.74, 6) is 0.0308. The molecule has 0 spiro atoms. The smallest absolute Gasteiger partial charge is 0.104 e. The minimum atomic E-state index is -0.166. The topological polar surface area (TPSA) is 86.7 Å². The first-order chi connectivity index (χ1) is 31.2. The highest BCUT2D eigenvalue weighted by atomic mass is 15.2. The van der Waals surface area contributed by atoms with Crippen LogP contribution in [0.3, 0.4) is 0 Å². The van der Waals surface area contributed by atoms with E-state index in [0.717, 1.165) is 88.5 Å². The molecule has 2 aromatic heterocycles. The molecule has 2 N–H and O–H groups in total. The lowest BCUT2D eigenvalue weighted by atomic mass is 9.87. The van der Waals surface area contributed by atoms with E-state index in [0.29, 0.717) is 28.9 Å². The molecule has 8 aromatic carbocycles. The van der Waals surface area contributed by atoms with E-state index in [1.807, 2.05) is 24.3 Å². The fourth-order valence-electron chi connectivity index (χ4n) is 10.6. The number of fused-ring (bicyclic) bond motifs is 9. The van der Waals surface area contributed by atoms with Crippen molar-refractivity contribution < 1.29 is 0 Å². The third kappa shape index (κ3) is 5.29. The largest absolute Gasteiger partial charge is 0.398 e. The number of hydrogen-bond donors (Lipinski definition) is 1. The Morgan fingerprint density at radius 1 is 0.476 bits per heavy atom. The number of rotatable bonds is 6. The molecule has 12 rings (SSSR count). The molecule has 1 aliphatic heterocycles. The van der Waals surface area contributed by atoms with Gasteiger partial charge < -0.3 is 19.8 Å². The van der Waals surface area contributed by atoms with Gasteiger partial charge >= 0.3 is 0 Å². The van der Waals surface area contributed by atoms with Crippen LogP contribution in [0.2, 0.25) is 0 Å². The zero-order valence-electron chi connectivity index (χ0n) is 34.2. The Bertz CT molecular complexity index is 3570. The lowest BCUT2D eigenvalue weighted by molar-refractivity contribution is 0.743. The van der Waals surface area contributed by atoms with Crippen LogP contribution in [0.1, 0.15) is 33.7 Å². The van der Waals surface area contributed by atoms with Crippen LogP contribution in [0.25, 0.3) is 66.1 Å². The first-order valence-corrected chi connectivity index (χ1v) is 21.3. The second-order valence-corrected chi connectivity index (χ2v) is 16.4. The van der Waals surface area contributed by atoms with Gasteiger partial charge in [-0.15, -0.1) is 0 Å². The Hall–Kier alpha value is -8.58. The molecule has 1 aliphatic carbocycles. The van der Waals surface area contributed by atoms with Gasteiger partial charge in [-0.1, -0.05) is 158 Å². The van der Waals surface area contributed by atoms with Crippen LogP contribution in [0.5, 0.6) is 0 Å². The van der Waals surface area contributed by atoms with Crippen molar-refractivity contribution in [3.05, 3.63) is 222 Å². The van der Waals surface area contributed by atoms with Crippen molar-refractivity contribution in [2.24, 2.45) is 0 Å². The SMILES string of the molecule is N#Cc1c(Cc2ccccc2-c2ccccc2N)c(-n2c3ccccc3c3ccccc32)c(-n2c3ccccc3c3ccccc32)c(C#N)c1N1c2ccccc2C2C=CC=CC21. The molecule has 2 aliphatic rings. The van der Waals surface area contributed by atoms with Crippen molar-refractivity contribution in [1.82, 2.24) is 9.13 Å². The first-order valence-electron chi connectivity index (χ1n) is 21.3. The molecule has 296 valence electrons. The van der Waals surface area contributed by atoms with Crippen LogP contribution in [0.4, 0.5) is 17.1 Å². The molecule has 0 saturated heterocycles. The maximum atomic E-state index is 12.1. The molecule has 6 nitrogen and oxygen atoms in total. The Labute approximate surface area is 364 Å². The highest BCUT2D eigenvalue weighted by Crippen LogP contribution is 2.53. The number of allylic oxidation sites excluding steroid dienone is 2. The van der Waals surface area contributed by atoms with Gasteiger partial charge in [0.2, 0.25) is 0 Å². The molecule has 10 aromatic rings. The number of nitrogen functional groups attached to an aromatic ring is 1. The summed E-state index contributed by atoms with van der Waals surface area (Å²) < 4.78 is 4.60. The normalized spacial score (nSPS) is 15.2. The lowest BCUT2D eigenvalue weighted by Gasteiger charge is -2.33. The monoisotopic (exact) mass is 806 g/mol. The van der Waals surface area contributed by atoms with Gasteiger partial charge in [-0.2, -0.15) is 10.5 Å². The third-order valence-corrected chi connectivity index (χ3v) is 13.2. The van der Waals surface area contributed by atoms with E-state index in [1.165, 1.54) is 0 Å². The van der Waals surface area contributed by atoms with Crippen LogP contribution in [0.15, 0.2) is 194 Å². The molecule has 0 bridgehead atoms. The van der Waals surface area contributed by atoms with Gasteiger partial charge in [0, 0.05) is 56.4 Å². The highest BCUT2D eigenvalue weighted by molar-refractivity contribution is 6.12. The summed E-state index contributed by atoms with van der Waals surface area (Å²) >= 11 is 0. The molecule has 6 heteroatoms. The average molecular weight is 807 g/mol. The number of para-hydroxylation sites is 6. The molecular formula is C57H38N6. The second-order valence-electron chi connectivity index (χ2n) is 16.4. The summed E-state index contributed by atoms with van der Waals surface area (Å²) in [5.41, 5.74) is 20.2. The number of anilines is 3. The number of nitriles is 2. The third-order valence-electron chi connectivity index (χ3n) is 13.2. The van der Waals surface area contributed by atoms with Crippen molar-refractivity contribution in [2.45, 2.75) is 18.4 Å². The van der Waals surface area contributed by atoms with Crippen LogP contribution >= 0.6 is 0 Å². The Kier molecular flexibility index (Phi) is 8.22. The standard InChI is InChI=1S/C57H38N6/c58-34-46-45(33-36-17-1-2-18-37(36)38-19-3-10-26-48(38)60)56(62-51-29-13-6-22-41(51)42-23-7-14-30-52(42)62)57(63-53-31-15-8-24-43(53)44-25-9-16-32-54(44)63)47(35-59)55(46)61-49-27-11-4-20-39(49)40-21-5-12-28-50(40)61/h1-32,39,49H,33,60H2. The Balaban J connectivity index is 1.32. The predicted octanol–water partition coefficient (Wildman–Crippen LogP) is 13.2. The summed E-state index contributed by atoms with van der Waals surface area (Å²) in [6.07, 6.45) is 9.00.